The summed E-state index contributed by atoms with van der Waals surface area (Å²) in [6.45, 7) is 2.52. The molecule has 0 spiro atoms. The van der Waals surface area contributed by atoms with Crippen molar-refractivity contribution >= 4 is 5.69 Å². The van der Waals surface area contributed by atoms with Crippen molar-refractivity contribution in [1.29, 1.82) is 0 Å². The van der Waals surface area contributed by atoms with Crippen molar-refractivity contribution in [2.75, 3.05) is 19.4 Å². The number of benzene rings is 2. The zero-order chi connectivity index (χ0) is 15.4. The van der Waals surface area contributed by atoms with Crippen LogP contribution in [0.3, 0.4) is 0 Å². The van der Waals surface area contributed by atoms with Gasteiger partial charge in [0.2, 0.25) is 0 Å². The summed E-state index contributed by atoms with van der Waals surface area (Å²) in [5, 5.41) is 3.21. The molecule has 1 N–H and O–H groups in total. The fraction of sp³-hybridized carbons (Fsp3) is 0.294. The second-order valence-corrected chi connectivity index (χ2v) is 5.40. The van der Waals surface area contributed by atoms with Crippen molar-refractivity contribution in [3.05, 3.63) is 65.2 Å². The summed E-state index contributed by atoms with van der Waals surface area (Å²) in [4.78, 5) is 2.05. The third kappa shape index (κ3) is 3.79. The van der Waals surface area contributed by atoms with Gasteiger partial charge < -0.3 is 10.2 Å². The molecule has 0 bridgehead atoms. The molecule has 0 aliphatic carbocycles. The van der Waals surface area contributed by atoms with E-state index in [0.717, 1.165) is 17.8 Å². The SMILES string of the molecule is CC(Nc1ccccc1CN(C)C)c1c(F)cccc1F. The Hall–Kier alpha value is -1.94. The van der Waals surface area contributed by atoms with Crippen molar-refractivity contribution in [3.8, 4) is 0 Å². The van der Waals surface area contributed by atoms with E-state index < -0.39 is 17.7 Å². The van der Waals surface area contributed by atoms with E-state index in [1.165, 1.54) is 18.2 Å². The number of rotatable bonds is 5. The van der Waals surface area contributed by atoms with E-state index >= 15 is 0 Å². The topological polar surface area (TPSA) is 15.3 Å². The lowest BCUT2D eigenvalue weighted by Gasteiger charge is -2.21. The van der Waals surface area contributed by atoms with Crippen molar-refractivity contribution in [2.45, 2.75) is 19.5 Å². The first-order valence-corrected chi connectivity index (χ1v) is 6.92. The number of halogens is 2. The van der Waals surface area contributed by atoms with Crippen molar-refractivity contribution in [1.82, 2.24) is 4.90 Å². The third-order valence-corrected chi connectivity index (χ3v) is 3.31. The molecule has 2 aromatic carbocycles. The predicted octanol–water partition coefficient (Wildman–Crippen LogP) is 4.20. The zero-order valence-electron chi connectivity index (χ0n) is 12.5. The van der Waals surface area contributed by atoms with E-state index in [2.05, 4.69) is 10.2 Å². The van der Waals surface area contributed by atoms with Crippen molar-refractivity contribution < 1.29 is 8.78 Å². The first-order valence-electron chi connectivity index (χ1n) is 6.92. The van der Waals surface area contributed by atoms with Crippen LogP contribution in [-0.2, 0) is 6.54 Å². The zero-order valence-corrected chi connectivity index (χ0v) is 12.5. The fourth-order valence-corrected chi connectivity index (χ4v) is 2.37. The van der Waals surface area contributed by atoms with Crippen molar-refractivity contribution in [3.63, 3.8) is 0 Å². The van der Waals surface area contributed by atoms with Gasteiger partial charge in [0.15, 0.2) is 0 Å². The molecule has 0 fully saturated rings. The smallest absolute Gasteiger partial charge is 0.131 e. The Balaban J connectivity index is 2.26. The molecule has 0 aliphatic heterocycles. The van der Waals surface area contributed by atoms with Gasteiger partial charge in [-0.25, -0.2) is 8.78 Å². The van der Waals surface area contributed by atoms with Crippen LogP contribution >= 0.6 is 0 Å². The second kappa shape index (κ2) is 6.68. The number of para-hydroxylation sites is 1. The van der Waals surface area contributed by atoms with Gasteiger partial charge in [-0.1, -0.05) is 24.3 Å². The van der Waals surface area contributed by atoms with E-state index in [-0.39, 0.29) is 5.56 Å². The molecule has 112 valence electrons. The molecular weight excluding hydrogens is 270 g/mol. The first kappa shape index (κ1) is 15.4. The Bertz CT molecular complexity index is 591. The molecule has 0 heterocycles. The van der Waals surface area contributed by atoms with Crippen LogP contribution in [0.2, 0.25) is 0 Å². The molecule has 0 saturated heterocycles. The first-order chi connectivity index (χ1) is 9.99. The highest BCUT2D eigenvalue weighted by Gasteiger charge is 2.16. The Morgan fingerprint density at radius 2 is 1.62 bits per heavy atom. The summed E-state index contributed by atoms with van der Waals surface area (Å²) < 4.78 is 27.7. The molecule has 0 aromatic heterocycles. The average Bonchev–Trinajstić information content (AvgIpc) is 2.40. The minimum atomic E-state index is -0.528. The predicted molar refractivity (Wildman–Crippen MR) is 82.2 cm³/mol. The minimum Gasteiger partial charge on any atom is -0.378 e. The fourth-order valence-electron chi connectivity index (χ4n) is 2.37. The maximum atomic E-state index is 13.8. The molecular formula is C17H20F2N2. The van der Waals surface area contributed by atoms with Gasteiger partial charge in [0.25, 0.3) is 0 Å². The lowest BCUT2D eigenvalue weighted by Crippen LogP contribution is -2.15. The number of nitrogens with zero attached hydrogens (tertiary/aromatic N) is 1. The second-order valence-electron chi connectivity index (χ2n) is 5.40. The summed E-state index contributed by atoms with van der Waals surface area (Å²) in [5.41, 5.74) is 2.05. The van der Waals surface area contributed by atoms with Gasteiger partial charge in [0.1, 0.15) is 11.6 Å². The van der Waals surface area contributed by atoms with Gasteiger partial charge in [-0.3, -0.25) is 0 Å². The molecule has 1 atom stereocenters. The Morgan fingerprint density at radius 1 is 1.00 bits per heavy atom. The number of hydrogen-bond acceptors (Lipinski definition) is 2. The van der Waals surface area contributed by atoms with Gasteiger partial charge in [-0.2, -0.15) is 0 Å². The van der Waals surface area contributed by atoms with E-state index in [4.69, 9.17) is 0 Å². The van der Waals surface area contributed by atoms with Gasteiger partial charge in [-0.05, 0) is 44.8 Å². The maximum absolute atomic E-state index is 13.8. The number of anilines is 1. The van der Waals surface area contributed by atoms with Gasteiger partial charge in [-0.15, -0.1) is 0 Å². The summed E-state index contributed by atoms with van der Waals surface area (Å²) in [6.07, 6.45) is 0. The number of nitrogens with one attached hydrogen (secondary N) is 1. The van der Waals surface area contributed by atoms with Crippen LogP contribution in [0.5, 0.6) is 0 Å². The standard InChI is InChI=1S/C17H20F2N2/c1-12(17-14(18)8-6-9-15(17)19)20-16-10-5-4-7-13(16)11-21(2)3/h4-10,12,20H,11H2,1-3H3. The van der Waals surface area contributed by atoms with E-state index in [9.17, 15) is 8.78 Å². The number of hydrogen-bond donors (Lipinski definition) is 1. The van der Waals surface area contributed by atoms with E-state index in [0.29, 0.717) is 0 Å². The van der Waals surface area contributed by atoms with Crippen LogP contribution < -0.4 is 5.32 Å². The summed E-state index contributed by atoms with van der Waals surface area (Å²) >= 11 is 0. The Morgan fingerprint density at radius 3 is 2.24 bits per heavy atom. The van der Waals surface area contributed by atoms with E-state index in [1.807, 2.05) is 38.4 Å². The van der Waals surface area contributed by atoms with Crippen LogP contribution in [0.15, 0.2) is 42.5 Å². The van der Waals surface area contributed by atoms with Gasteiger partial charge in [0.05, 0.1) is 6.04 Å². The molecule has 2 rings (SSSR count). The monoisotopic (exact) mass is 290 g/mol. The summed E-state index contributed by atoms with van der Waals surface area (Å²) in [7, 11) is 3.97. The normalized spacial score (nSPS) is 12.5. The molecule has 0 radical (unpaired) electrons. The van der Waals surface area contributed by atoms with Crippen LogP contribution in [0.25, 0.3) is 0 Å². The summed E-state index contributed by atoms with van der Waals surface area (Å²) in [6, 6.07) is 11.3. The average molecular weight is 290 g/mol. The van der Waals surface area contributed by atoms with Crippen LogP contribution in [0.4, 0.5) is 14.5 Å². The molecule has 4 heteroatoms. The van der Waals surface area contributed by atoms with Crippen LogP contribution in [0.1, 0.15) is 24.1 Å². The molecule has 21 heavy (non-hydrogen) atoms. The van der Waals surface area contributed by atoms with Crippen molar-refractivity contribution in [2.24, 2.45) is 0 Å². The lowest BCUT2D eigenvalue weighted by atomic mass is 10.1. The Kier molecular flexibility index (Phi) is 4.91. The highest BCUT2D eigenvalue weighted by Crippen LogP contribution is 2.26. The molecule has 2 aromatic rings. The molecule has 2 nitrogen and oxygen atoms in total. The largest absolute Gasteiger partial charge is 0.378 e. The van der Waals surface area contributed by atoms with Gasteiger partial charge in [0, 0.05) is 17.8 Å². The molecule has 1 unspecified atom stereocenters. The quantitative estimate of drug-likeness (QED) is 0.888. The highest BCUT2D eigenvalue weighted by atomic mass is 19.1. The lowest BCUT2D eigenvalue weighted by molar-refractivity contribution is 0.403. The highest BCUT2D eigenvalue weighted by molar-refractivity contribution is 5.52. The third-order valence-electron chi connectivity index (χ3n) is 3.31. The molecule has 0 saturated carbocycles. The molecule has 0 amide bonds. The van der Waals surface area contributed by atoms with E-state index in [1.54, 1.807) is 6.92 Å². The molecule has 0 aliphatic rings. The maximum Gasteiger partial charge on any atom is 0.131 e. The van der Waals surface area contributed by atoms with Gasteiger partial charge >= 0.3 is 0 Å². The van der Waals surface area contributed by atoms with Crippen LogP contribution in [-0.4, -0.2) is 19.0 Å². The summed E-state index contributed by atoms with van der Waals surface area (Å²) in [5.74, 6) is -1.06. The Labute approximate surface area is 124 Å². The minimum absolute atomic E-state index is 0.0668. The van der Waals surface area contributed by atoms with Crippen LogP contribution in [0, 0.1) is 11.6 Å².